The number of imide groups is 1. The van der Waals surface area contributed by atoms with Crippen molar-refractivity contribution in [1.29, 1.82) is 0 Å². The molecule has 0 unspecified atom stereocenters. The van der Waals surface area contributed by atoms with Crippen molar-refractivity contribution in [2.75, 3.05) is 13.7 Å². The summed E-state index contributed by atoms with van der Waals surface area (Å²) in [5, 5.41) is 2.87. The molecule has 0 aromatic heterocycles. The number of carbonyl (C=O) groups is 2. The van der Waals surface area contributed by atoms with Gasteiger partial charge in [-0.25, -0.2) is 4.79 Å². The lowest BCUT2D eigenvalue weighted by Gasteiger charge is -2.26. The van der Waals surface area contributed by atoms with Crippen LogP contribution in [0.1, 0.15) is 44.6 Å². The van der Waals surface area contributed by atoms with Crippen LogP contribution < -0.4 is 10.1 Å². The third-order valence-electron chi connectivity index (χ3n) is 5.11. The van der Waals surface area contributed by atoms with Crippen LogP contribution in [0.15, 0.2) is 24.3 Å². The summed E-state index contributed by atoms with van der Waals surface area (Å²) in [6.45, 7) is 2.31. The number of nitrogens with zero attached hydrogens (tertiary/aromatic N) is 1. The number of nitrogens with one attached hydrogen (secondary N) is 1. The van der Waals surface area contributed by atoms with Crippen LogP contribution in [0.4, 0.5) is 4.79 Å². The van der Waals surface area contributed by atoms with E-state index >= 15 is 0 Å². The number of carbonyl (C=O) groups excluding carboxylic acids is 2. The van der Waals surface area contributed by atoms with Gasteiger partial charge in [0.05, 0.1) is 7.11 Å². The maximum Gasteiger partial charge on any atom is 0.325 e. The van der Waals surface area contributed by atoms with Gasteiger partial charge in [0, 0.05) is 6.54 Å². The van der Waals surface area contributed by atoms with E-state index in [0.29, 0.717) is 12.5 Å². The summed E-state index contributed by atoms with van der Waals surface area (Å²) in [5.74, 6) is 1.02. The first-order valence-electron chi connectivity index (χ1n) is 8.33. The van der Waals surface area contributed by atoms with Gasteiger partial charge in [-0.1, -0.05) is 31.4 Å². The number of ether oxygens (including phenoxy) is 1. The summed E-state index contributed by atoms with van der Waals surface area (Å²) in [6, 6.07) is 7.01. The molecule has 1 aromatic carbocycles. The monoisotopic (exact) mass is 316 g/mol. The molecule has 0 radical (unpaired) electrons. The topological polar surface area (TPSA) is 58.6 Å². The highest BCUT2D eigenvalue weighted by Crippen LogP contribution is 2.32. The van der Waals surface area contributed by atoms with Gasteiger partial charge >= 0.3 is 6.03 Å². The van der Waals surface area contributed by atoms with Crippen molar-refractivity contribution in [1.82, 2.24) is 10.2 Å². The van der Waals surface area contributed by atoms with Gasteiger partial charge in [0.1, 0.15) is 11.3 Å². The Labute approximate surface area is 137 Å². The molecule has 1 saturated heterocycles. The van der Waals surface area contributed by atoms with Gasteiger partial charge in [0.25, 0.3) is 5.91 Å². The second kappa shape index (κ2) is 6.22. The zero-order valence-corrected chi connectivity index (χ0v) is 13.8. The number of hydrogen-bond acceptors (Lipinski definition) is 3. The molecule has 3 amide bonds. The van der Waals surface area contributed by atoms with E-state index in [1.165, 1.54) is 24.2 Å². The highest BCUT2D eigenvalue weighted by molar-refractivity contribution is 6.07. The normalized spacial score (nSPS) is 25.6. The number of rotatable bonds is 4. The standard InChI is InChI=1S/C18H24N2O3/c1-18(14-8-10-15(23-2)11-9-14)16(21)20(17(22)19-18)12-13-6-4-3-5-7-13/h8-11,13H,3-7,12H2,1-2H3,(H,19,22)/t18-/m1/s1. The molecular weight excluding hydrogens is 292 g/mol. The van der Waals surface area contributed by atoms with Crippen molar-refractivity contribution in [3.63, 3.8) is 0 Å². The van der Waals surface area contributed by atoms with Crippen LogP contribution in [-0.2, 0) is 10.3 Å². The van der Waals surface area contributed by atoms with Gasteiger partial charge in [-0.15, -0.1) is 0 Å². The van der Waals surface area contributed by atoms with Crippen LogP contribution in [0.5, 0.6) is 5.75 Å². The third-order valence-corrected chi connectivity index (χ3v) is 5.11. The van der Waals surface area contributed by atoms with Crippen LogP contribution in [0.25, 0.3) is 0 Å². The van der Waals surface area contributed by atoms with Gasteiger partial charge in [0.2, 0.25) is 0 Å². The van der Waals surface area contributed by atoms with E-state index in [9.17, 15) is 9.59 Å². The van der Waals surface area contributed by atoms with Gasteiger partial charge in [-0.2, -0.15) is 0 Å². The zero-order valence-electron chi connectivity index (χ0n) is 13.8. The molecule has 0 bridgehead atoms. The Balaban J connectivity index is 1.78. The first kappa shape index (κ1) is 15.8. The highest BCUT2D eigenvalue weighted by atomic mass is 16.5. The molecule has 5 nitrogen and oxygen atoms in total. The summed E-state index contributed by atoms with van der Waals surface area (Å²) in [5.41, 5.74) is -0.208. The van der Waals surface area contributed by atoms with E-state index < -0.39 is 5.54 Å². The van der Waals surface area contributed by atoms with Crippen molar-refractivity contribution < 1.29 is 14.3 Å². The molecule has 1 saturated carbocycles. The van der Waals surface area contributed by atoms with Crippen molar-refractivity contribution in [2.24, 2.45) is 5.92 Å². The Morgan fingerprint density at radius 3 is 2.43 bits per heavy atom. The maximum atomic E-state index is 12.9. The van der Waals surface area contributed by atoms with Crippen molar-refractivity contribution >= 4 is 11.9 Å². The summed E-state index contributed by atoms with van der Waals surface area (Å²) in [6.07, 6.45) is 5.88. The smallest absolute Gasteiger partial charge is 0.325 e. The first-order valence-corrected chi connectivity index (χ1v) is 8.33. The van der Waals surface area contributed by atoms with Crippen molar-refractivity contribution in [3.8, 4) is 5.75 Å². The average molecular weight is 316 g/mol. The zero-order chi connectivity index (χ0) is 16.4. The maximum absolute atomic E-state index is 12.9. The fourth-order valence-corrected chi connectivity index (χ4v) is 3.61. The summed E-state index contributed by atoms with van der Waals surface area (Å²) >= 11 is 0. The predicted molar refractivity (Wildman–Crippen MR) is 87.2 cm³/mol. The van der Waals surface area contributed by atoms with E-state index in [-0.39, 0.29) is 11.9 Å². The summed E-state index contributed by atoms with van der Waals surface area (Å²) < 4.78 is 5.15. The Kier molecular flexibility index (Phi) is 4.28. The molecule has 1 aliphatic carbocycles. The molecule has 1 aliphatic heterocycles. The minimum absolute atomic E-state index is 0.154. The molecule has 1 N–H and O–H groups in total. The highest BCUT2D eigenvalue weighted by Gasteiger charge is 2.49. The molecule has 124 valence electrons. The molecule has 5 heteroatoms. The molecule has 1 atom stereocenters. The Morgan fingerprint density at radius 1 is 1.17 bits per heavy atom. The molecular formula is C18H24N2O3. The van der Waals surface area contributed by atoms with Gasteiger partial charge in [-0.05, 0) is 43.4 Å². The van der Waals surface area contributed by atoms with Gasteiger partial charge < -0.3 is 10.1 Å². The second-order valence-corrected chi connectivity index (χ2v) is 6.70. The fourth-order valence-electron chi connectivity index (χ4n) is 3.61. The number of methoxy groups -OCH3 is 1. The predicted octanol–water partition coefficient (Wildman–Crippen LogP) is 3.04. The molecule has 0 spiro atoms. The van der Waals surface area contributed by atoms with Crippen molar-refractivity contribution in [2.45, 2.75) is 44.6 Å². The Bertz CT molecular complexity index is 593. The number of benzene rings is 1. The Morgan fingerprint density at radius 2 is 1.83 bits per heavy atom. The molecule has 23 heavy (non-hydrogen) atoms. The average Bonchev–Trinajstić information content (AvgIpc) is 2.80. The molecule has 2 aliphatic rings. The minimum atomic E-state index is -0.988. The SMILES string of the molecule is COc1ccc([C@@]2(C)NC(=O)N(CC3CCCCC3)C2=O)cc1. The van der Waals surface area contributed by atoms with Crippen molar-refractivity contribution in [3.05, 3.63) is 29.8 Å². The number of hydrogen-bond donors (Lipinski definition) is 1. The molecule has 1 heterocycles. The lowest BCUT2D eigenvalue weighted by atomic mass is 9.88. The molecule has 2 fully saturated rings. The van der Waals surface area contributed by atoms with E-state index in [1.54, 1.807) is 14.0 Å². The Hall–Kier alpha value is -2.04. The van der Waals surface area contributed by atoms with Crippen LogP contribution in [0.3, 0.4) is 0 Å². The third kappa shape index (κ3) is 2.92. The summed E-state index contributed by atoms with van der Waals surface area (Å²) in [7, 11) is 1.60. The van der Waals surface area contributed by atoms with E-state index in [0.717, 1.165) is 24.2 Å². The van der Waals surface area contributed by atoms with Crippen LogP contribution in [0.2, 0.25) is 0 Å². The van der Waals surface area contributed by atoms with E-state index in [4.69, 9.17) is 4.74 Å². The largest absolute Gasteiger partial charge is 0.497 e. The fraction of sp³-hybridized carbons (Fsp3) is 0.556. The molecule has 1 aromatic rings. The lowest BCUT2D eigenvalue weighted by molar-refractivity contribution is -0.131. The van der Waals surface area contributed by atoms with Crippen LogP contribution >= 0.6 is 0 Å². The van der Waals surface area contributed by atoms with E-state index in [2.05, 4.69) is 5.32 Å². The number of amides is 3. The van der Waals surface area contributed by atoms with Gasteiger partial charge in [0.15, 0.2) is 0 Å². The van der Waals surface area contributed by atoms with Crippen LogP contribution in [0, 0.1) is 5.92 Å². The summed E-state index contributed by atoms with van der Waals surface area (Å²) in [4.78, 5) is 26.6. The lowest BCUT2D eigenvalue weighted by Crippen LogP contribution is -2.41. The second-order valence-electron chi connectivity index (χ2n) is 6.70. The quantitative estimate of drug-likeness (QED) is 0.869. The van der Waals surface area contributed by atoms with E-state index in [1.807, 2.05) is 24.3 Å². The first-order chi connectivity index (χ1) is 11.0. The van der Waals surface area contributed by atoms with Gasteiger partial charge in [-0.3, -0.25) is 9.69 Å². The number of urea groups is 1. The minimum Gasteiger partial charge on any atom is -0.497 e. The molecule has 3 rings (SSSR count). The van der Waals surface area contributed by atoms with Crippen LogP contribution in [-0.4, -0.2) is 30.5 Å².